The molecule has 10 heteroatoms. The van der Waals surface area contributed by atoms with Crippen LogP contribution in [0.4, 0.5) is 0 Å². The third kappa shape index (κ3) is 3.59. The largest absolute Gasteiger partial charge is 0.337 e. The maximum Gasteiger partial charge on any atom is 0.254 e. The highest BCUT2D eigenvalue weighted by Crippen LogP contribution is 2.63. The van der Waals surface area contributed by atoms with E-state index >= 15 is 0 Å². The Balaban J connectivity index is 1.38. The molecule has 0 spiro atoms. The molecule has 9 nitrogen and oxygen atoms in total. The van der Waals surface area contributed by atoms with E-state index in [2.05, 4.69) is 10.1 Å². The lowest BCUT2D eigenvalue weighted by atomic mass is 9.97. The Bertz CT molecular complexity index is 1460. The molecule has 1 saturated carbocycles. The molecule has 4 heterocycles. The summed E-state index contributed by atoms with van der Waals surface area (Å²) in [5.74, 6) is -0.571. The van der Waals surface area contributed by atoms with Gasteiger partial charge in [-0.05, 0) is 47.6 Å². The van der Waals surface area contributed by atoms with Crippen LogP contribution in [0.2, 0.25) is 5.02 Å². The second kappa shape index (κ2) is 8.10. The van der Waals surface area contributed by atoms with Crippen molar-refractivity contribution in [2.45, 2.75) is 40.3 Å². The van der Waals surface area contributed by atoms with Crippen LogP contribution in [0, 0.1) is 30.1 Å². The average Bonchev–Trinajstić information content (AvgIpc) is 3.14. The number of carbonyl (C=O) groups is 3. The van der Waals surface area contributed by atoms with Gasteiger partial charge in [0, 0.05) is 35.9 Å². The van der Waals surface area contributed by atoms with Crippen LogP contribution >= 0.6 is 11.6 Å². The minimum Gasteiger partial charge on any atom is -0.337 e. The number of rotatable bonds is 4. The van der Waals surface area contributed by atoms with E-state index in [-0.39, 0.29) is 53.5 Å². The molecule has 4 atom stereocenters. The van der Waals surface area contributed by atoms with Crippen molar-refractivity contribution < 1.29 is 14.4 Å². The summed E-state index contributed by atoms with van der Waals surface area (Å²) in [7, 11) is 0. The fourth-order valence-corrected chi connectivity index (χ4v) is 6.42. The molecule has 6 rings (SSSR count). The van der Waals surface area contributed by atoms with Gasteiger partial charge in [-0.3, -0.25) is 19.3 Å². The Morgan fingerprint density at radius 1 is 1.16 bits per heavy atom. The van der Waals surface area contributed by atoms with Gasteiger partial charge in [0.2, 0.25) is 11.8 Å². The summed E-state index contributed by atoms with van der Waals surface area (Å²) in [6.45, 7) is 9.09. The minimum atomic E-state index is -0.251. The summed E-state index contributed by atoms with van der Waals surface area (Å²) in [6.07, 6.45) is 3.21. The first kappa shape index (κ1) is 24.1. The normalized spacial score (nSPS) is 26.3. The standard InChI is InChI=1S/C27H29ClN6O3/c1-13-5-16(28)7-17(20(13)24(35)32-8-14(2)18(29)11-32)23-19-6-15(10-34(19)31-12-30-23)9-33-25(36)21-22(26(33)37)27(21,3)4/h5-7,10,12,14,18,21-22H,8-9,11,29H2,1-4H3. The van der Waals surface area contributed by atoms with Gasteiger partial charge in [-0.2, -0.15) is 5.10 Å². The summed E-state index contributed by atoms with van der Waals surface area (Å²) in [5, 5.41) is 4.83. The van der Waals surface area contributed by atoms with Crippen LogP contribution in [0.15, 0.2) is 30.7 Å². The first-order chi connectivity index (χ1) is 17.5. The van der Waals surface area contributed by atoms with Crippen LogP contribution in [0.25, 0.3) is 16.8 Å². The van der Waals surface area contributed by atoms with Crippen molar-refractivity contribution in [3.8, 4) is 11.3 Å². The monoisotopic (exact) mass is 520 g/mol. The number of benzene rings is 1. The second-order valence-corrected chi connectivity index (χ2v) is 11.8. The molecule has 3 fully saturated rings. The lowest BCUT2D eigenvalue weighted by Crippen LogP contribution is -2.35. The Morgan fingerprint density at radius 3 is 2.51 bits per heavy atom. The maximum atomic E-state index is 13.7. The zero-order valence-corrected chi connectivity index (χ0v) is 22.0. The molecular weight excluding hydrogens is 492 g/mol. The predicted molar refractivity (Wildman–Crippen MR) is 138 cm³/mol. The van der Waals surface area contributed by atoms with E-state index in [0.29, 0.717) is 40.4 Å². The van der Waals surface area contributed by atoms with Crippen LogP contribution in [0.5, 0.6) is 0 Å². The Morgan fingerprint density at radius 2 is 1.86 bits per heavy atom. The average molecular weight is 521 g/mol. The van der Waals surface area contributed by atoms with Crippen molar-refractivity contribution in [1.29, 1.82) is 0 Å². The topological polar surface area (TPSA) is 114 Å². The molecule has 2 N–H and O–H groups in total. The highest BCUT2D eigenvalue weighted by molar-refractivity contribution is 6.31. The molecule has 0 bridgehead atoms. The zero-order valence-electron chi connectivity index (χ0n) is 21.2. The summed E-state index contributed by atoms with van der Waals surface area (Å²) >= 11 is 6.45. The lowest BCUT2D eigenvalue weighted by molar-refractivity contribution is -0.143. The van der Waals surface area contributed by atoms with E-state index in [1.165, 1.54) is 11.2 Å². The van der Waals surface area contributed by atoms with Crippen molar-refractivity contribution in [1.82, 2.24) is 24.4 Å². The van der Waals surface area contributed by atoms with Crippen LogP contribution in [-0.2, 0) is 16.1 Å². The van der Waals surface area contributed by atoms with Gasteiger partial charge in [-0.15, -0.1) is 0 Å². The number of amides is 3. The number of aryl methyl sites for hydroxylation is 1. The van der Waals surface area contributed by atoms with Crippen molar-refractivity contribution >= 4 is 34.8 Å². The predicted octanol–water partition coefficient (Wildman–Crippen LogP) is 2.92. The third-order valence-corrected chi connectivity index (χ3v) is 8.64. The fraction of sp³-hybridized carbons (Fsp3) is 0.444. The van der Waals surface area contributed by atoms with E-state index in [4.69, 9.17) is 17.3 Å². The molecule has 3 amide bonds. The molecule has 192 valence electrons. The molecule has 3 aromatic rings. The van der Waals surface area contributed by atoms with Crippen molar-refractivity contribution in [3.05, 3.63) is 52.4 Å². The maximum absolute atomic E-state index is 13.7. The summed E-state index contributed by atoms with van der Waals surface area (Å²) in [5.41, 5.74) is 9.80. The van der Waals surface area contributed by atoms with E-state index in [0.717, 1.165) is 11.1 Å². The number of hydrogen-bond acceptors (Lipinski definition) is 6. The Hall–Kier alpha value is -3.30. The summed E-state index contributed by atoms with van der Waals surface area (Å²) in [6, 6.07) is 5.33. The number of piperidine rings is 1. The molecule has 0 radical (unpaired) electrons. The van der Waals surface area contributed by atoms with Gasteiger partial charge >= 0.3 is 0 Å². The van der Waals surface area contributed by atoms with Crippen molar-refractivity contribution in [2.24, 2.45) is 28.9 Å². The molecule has 37 heavy (non-hydrogen) atoms. The first-order valence-electron chi connectivity index (χ1n) is 12.5. The summed E-state index contributed by atoms with van der Waals surface area (Å²) < 4.78 is 1.66. The van der Waals surface area contributed by atoms with Gasteiger partial charge in [0.15, 0.2) is 0 Å². The third-order valence-electron chi connectivity index (χ3n) is 8.42. The number of likely N-dealkylation sites (tertiary alicyclic amines) is 2. The number of halogens is 1. The lowest BCUT2D eigenvalue weighted by Gasteiger charge is -2.20. The van der Waals surface area contributed by atoms with Gasteiger partial charge in [0.25, 0.3) is 5.91 Å². The Kier molecular flexibility index (Phi) is 5.27. The van der Waals surface area contributed by atoms with Crippen LogP contribution in [0.3, 0.4) is 0 Å². The number of imide groups is 1. The van der Waals surface area contributed by atoms with E-state index in [9.17, 15) is 14.4 Å². The van der Waals surface area contributed by atoms with Crippen LogP contribution in [0.1, 0.15) is 42.3 Å². The number of fused-ring (bicyclic) bond motifs is 2. The molecule has 1 aromatic carbocycles. The zero-order chi connectivity index (χ0) is 26.4. The van der Waals surface area contributed by atoms with E-state index < -0.39 is 0 Å². The van der Waals surface area contributed by atoms with E-state index in [1.807, 2.05) is 33.8 Å². The Labute approximate surface area is 219 Å². The summed E-state index contributed by atoms with van der Waals surface area (Å²) in [4.78, 5) is 47.1. The molecule has 2 aliphatic heterocycles. The number of aromatic nitrogens is 3. The number of carbonyl (C=O) groups excluding carboxylic acids is 3. The molecular formula is C27H29ClN6O3. The SMILES string of the molecule is Cc1cc(Cl)cc(-c2ncnn3cc(CN4C(=O)C5C(C4=O)C5(C)C)cc23)c1C(=O)N1CC(C)C(N)C1. The van der Waals surface area contributed by atoms with Gasteiger partial charge in [0.05, 0.1) is 35.2 Å². The second-order valence-electron chi connectivity index (χ2n) is 11.3. The molecule has 3 aliphatic rings. The first-order valence-corrected chi connectivity index (χ1v) is 12.9. The highest BCUT2D eigenvalue weighted by atomic mass is 35.5. The van der Waals surface area contributed by atoms with Crippen molar-refractivity contribution in [2.75, 3.05) is 13.1 Å². The smallest absolute Gasteiger partial charge is 0.254 e. The van der Waals surface area contributed by atoms with Gasteiger partial charge in [-0.1, -0.05) is 32.4 Å². The molecule has 2 aromatic heterocycles. The van der Waals surface area contributed by atoms with Gasteiger partial charge in [0.1, 0.15) is 6.33 Å². The molecule has 4 unspecified atom stereocenters. The number of nitrogens with zero attached hydrogens (tertiary/aromatic N) is 5. The van der Waals surface area contributed by atoms with E-state index in [1.54, 1.807) is 27.7 Å². The van der Waals surface area contributed by atoms with Gasteiger partial charge < -0.3 is 10.6 Å². The van der Waals surface area contributed by atoms with Crippen molar-refractivity contribution in [3.63, 3.8) is 0 Å². The number of nitrogens with two attached hydrogens (primary N) is 1. The fourth-order valence-electron chi connectivity index (χ4n) is 6.15. The number of hydrogen-bond donors (Lipinski definition) is 1. The van der Waals surface area contributed by atoms with Crippen LogP contribution in [-0.4, -0.2) is 61.3 Å². The molecule has 1 aliphatic carbocycles. The minimum absolute atomic E-state index is 0.0634. The highest BCUT2D eigenvalue weighted by Gasteiger charge is 2.72. The van der Waals surface area contributed by atoms with Gasteiger partial charge in [-0.25, -0.2) is 9.50 Å². The molecule has 2 saturated heterocycles. The van der Waals surface area contributed by atoms with Crippen LogP contribution < -0.4 is 5.73 Å². The quantitative estimate of drug-likeness (QED) is 0.529.